The van der Waals surface area contributed by atoms with E-state index < -0.39 is 35.3 Å². The number of fused-ring (bicyclic) bond motifs is 3. The Hall–Kier alpha value is -6.72. The predicted molar refractivity (Wildman–Crippen MR) is 265 cm³/mol. The van der Waals surface area contributed by atoms with Crippen molar-refractivity contribution in [1.82, 2.24) is 40.0 Å². The van der Waals surface area contributed by atoms with Crippen LogP contribution in [0.1, 0.15) is 115 Å². The molecule has 68 heavy (non-hydrogen) atoms. The van der Waals surface area contributed by atoms with Crippen LogP contribution in [0.5, 0.6) is 5.75 Å². The zero-order valence-corrected chi connectivity index (χ0v) is 40.3. The highest BCUT2D eigenvalue weighted by atomic mass is 16.5. The number of likely N-dealkylation sites (tertiary alicyclic amines) is 2. The maximum atomic E-state index is 14.8. The van der Waals surface area contributed by atoms with E-state index in [2.05, 4.69) is 87.4 Å². The molecule has 3 fully saturated rings. The third-order valence-electron chi connectivity index (χ3n) is 14.9. The van der Waals surface area contributed by atoms with Crippen LogP contribution in [0.4, 0.5) is 4.79 Å². The van der Waals surface area contributed by atoms with E-state index in [1.807, 2.05) is 67.1 Å². The van der Waals surface area contributed by atoms with Crippen LogP contribution in [0, 0.1) is 17.9 Å². The number of para-hydroxylation sites is 1. The second kappa shape index (κ2) is 18.8. The van der Waals surface area contributed by atoms with Crippen LogP contribution in [0.2, 0.25) is 0 Å². The zero-order chi connectivity index (χ0) is 47.9. The van der Waals surface area contributed by atoms with Gasteiger partial charge in [0.15, 0.2) is 0 Å². The Labute approximate surface area is 398 Å². The van der Waals surface area contributed by atoms with E-state index in [0.717, 1.165) is 101 Å². The number of amides is 3. The van der Waals surface area contributed by atoms with Crippen molar-refractivity contribution < 1.29 is 23.9 Å². The highest BCUT2D eigenvalue weighted by Crippen LogP contribution is 2.54. The summed E-state index contributed by atoms with van der Waals surface area (Å²) in [6.07, 6.45) is 7.07. The van der Waals surface area contributed by atoms with Gasteiger partial charge < -0.3 is 29.7 Å². The number of ether oxygens (including phenoxy) is 2. The fourth-order valence-corrected chi connectivity index (χ4v) is 11.3. The van der Waals surface area contributed by atoms with Crippen molar-refractivity contribution in [2.75, 3.05) is 33.9 Å². The van der Waals surface area contributed by atoms with Crippen LogP contribution < -0.4 is 10.1 Å². The fourth-order valence-electron chi connectivity index (χ4n) is 11.3. The number of hydrogen-bond acceptors (Lipinski definition) is 8. The number of benzene rings is 4. The smallest absolute Gasteiger partial charge is 0.407 e. The molecule has 4 aromatic carbocycles. The molecule has 3 amide bonds. The molecule has 6 unspecified atom stereocenters. The highest BCUT2D eigenvalue weighted by molar-refractivity contribution is 5.92. The summed E-state index contributed by atoms with van der Waals surface area (Å²) in [4.78, 5) is 69.6. The maximum absolute atomic E-state index is 14.8. The lowest BCUT2D eigenvalue weighted by molar-refractivity contribution is -0.143. The number of nitrogens with one attached hydrogen (secondary N) is 3. The lowest BCUT2D eigenvalue weighted by Crippen LogP contribution is -2.60. The largest absolute Gasteiger partial charge is 0.496 e. The highest BCUT2D eigenvalue weighted by Gasteiger charge is 2.66. The summed E-state index contributed by atoms with van der Waals surface area (Å²) in [5.74, 6) is 2.05. The average molecular weight is 919 g/mol. The van der Waals surface area contributed by atoms with Crippen LogP contribution in [-0.2, 0) is 14.3 Å². The molecular formula is C54H64N9O5+. The number of H-pyrrole nitrogens is 2. The third kappa shape index (κ3) is 8.35. The molecule has 2 saturated heterocycles. The topological polar surface area (TPSA) is 153 Å². The van der Waals surface area contributed by atoms with Gasteiger partial charge in [-0.3, -0.25) is 19.4 Å². The zero-order valence-electron chi connectivity index (χ0n) is 40.3. The van der Waals surface area contributed by atoms with Gasteiger partial charge in [-0.2, -0.15) is 0 Å². The van der Waals surface area contributed by atoms with Crippen molar-refractivity contribution in [3.8, 4) is 34.7 Å². The second-order valence-corrected chi connectivity index (χ2v) is 19.7. The summed E-state index contributed by atoms with van der Waals surface area (Å²) in [5.41, 5.74) is 5.00. The molecule has 0 bridgehead atoms. The molecule has 14 nitrogen and oxygen atoms in total. The monoisotopic (exact) mass is 919 g/mol. The first-order valence-corrected chi connectivity index (χ1v) is 24.2. The summed E-state index contributed by atoms with van der Waals surface area (Å²) in [6.45, 7) is 18.4. The SMILES string of the molecule is C#[N+]C12CCCCC1CC(c1nc3ccc(-c4ccc5cc(-c6cnc(C7CCCN7C(=O)C(c7ccccc7OC)N(CC)CC)[nH]6)ccc5c4)cc3[nH]1)N2C(=O)C(NC(=O)OC)C(C)(C)C. The summed E-state index contributed by atoms with van der Waals surface area (Å²) in [7, 11) is 2.95. The fraction of sp³-hybridized carbons (Fsp3) is 0.444. The number of nitrogens with zero attached hydrogens (tertiary/aromatic N) is 6. The van der Waals surface area contributed by atoms with E-state index in [1.54, 1.807) is 7.11 Å². The molecule has 3 N–H and O–H groups in total. The van der Waals surface area contributed by atoms with E-state index >= 15 is 0 Å². The van der Waals surface area contributed by atoms with Crippen molar-refractivity contribution in [1.29, 1.82) is 0 Å². The molecular weight excluding hydrogens is 855 g/mol. The Morgan fingerprint density at radius 3 is 2.32 bits per heavy atom. The van der Waals surface area contributed by atoms with E-state index in [4.69, 9.17) is 26.0 Å². The van der Waals surface area contributed by atoms with Crippen molar-refractivity contribution in [3.63, 3.8) is 0 Å². The van der Waals surface area contributed by atoms with E-state index in [9.17, 15) is 14.4 Å². The third-order valence-corrected chi connectivity index (χ3v) is 14.9. The molecule has 3 aliphatic rings. The maximum Gasteiger partial charge on any atom is 0.407 e. The number of rotatable bonds is 12. The van der Waals surface area contributed by atoms with Gasteiger partial charge in [-0.05, 0) is 103 Å². The van der Waals surface area contributed by atoms with Gasteiger partial charge in [-0.15, -0.1) is 0 Å². The quantitative estimate of drug-likeness (QED) is 0.110. The molecule has 1 aliphatic carbocycles. The van der Waals surface area contributed by atoms with Crippen molar-refractivity contribution >= 4 is 39.7 Å². The van der Waals surface area contributed by atoms with Crippen LogP contribution in [0.15, 0.2) is 85.1 Å². The van der Waals surface area contributed by atoms with Crippen LogP contribution in [0.3, 0.4) is 0 Å². The number of carbonyl (C=O) groups excluding carboxylic acids is 3. The second-order valence-electron chi connectivity index (χ2n) is 19.7. The number of alkyl carbamates (subject to hydrolysis) is 1. The molecule has 6 atom stereocenters. The lowest BCUT2D eigenvalue weighted by Gasteiger charge is -2.38. The minimum absolute atomic E-state index is 0.0563. The van der Waals surface area contributed by atoms with Gasteiger partial charge in [0.2, 0.25) is 5.91 Å². The minimum Gasteiger partial charge on any atom is -0.496 e. The van der Waals surface area contributed by atoms with Crippen molar-refractivity contribution in [2.45, 2.75) is 109 Å². The first kappa shape index (κ1) is 46.4. The predicted octanol–water partition coefficient (Wildman–Crippen LogP) is 10.4. The van der Waals surface area contributed by atoms with Gasteiger partial charge in [-0.1, -0.05) is 94.4 Å². The Balaban J connectivity index is 0.960. The number of aromatic nitrogens is 4. The first-order chi connectivity index (χ1) is 32.8. The van der Waals surface area contributed by atoms with Gasteiger partial charge in [-0.25, -0.2) is 14.8 Å². The number of imidazole rings is 2. The standard InChI is InChI=1S/C54H63N9O5/c1-9-61(10-2)46(39-17-11-12-19-45(39)67-7)50(64)62-27-15-18-43(62)48-56-32-42(59-48)37-23-22-33-28-34(20-21-35(33)29-37)36-24-25-40-41(30-36)58-49(57-40)44-31-38-16-13-14-26-54(38,55-6)63(44)51(65)47(53(3,4)5)60-52(66)68-8/h6,11-12,17,19-25,28-30,32,38,43-44,46-47H,9-10,13-16,18,26-27,31H2,1-5,7-8H3,(H2-,56,57,58,59,60,66)/p+1. The Morgan fingerprint density at radius 1 is 0.882 bits per heavy atom. The normalized spacial score (nSPS) is 21.4. The molecule has 354 valence electrons. The van der Waals surface area contributed by atoms with Crippen molar-refractivity contribution in [2.24, 2.45) is 11.3 Å². The van der Waals surface area contributed by atoms with E-state index in [-0.39, 0.29) is 23.8 Å². The van der Waals surface area contributed by atoms with Gasteiger partial charge in [0.05, 0.1) is 61.6 Å². The van der Waals surface area contributed by atoms with Crippen LogP contribution in [-0.4, -0.2) is 98.1 Å². The molecule has 0 spiro atoms. The Morgan fingerprint density at radius 2 is 1.60 bits per heavy atom. The minimum atomic E-state index is -0.902. The molecule has 4 heterocycles. The number of methoxy groups -OCH3 is 2. The van der Waals surface area contributed by atoms with E-state index in [1.165, 1.54) is 7.11 Å². The van der Waals surface area contributed by atoms with Crippen LogP contribution in [0.25, 0.3) is 49.0 Å². The number of carbonyl (C=O) groups is 3. The number of likely N-dealkylation sites (N-methyl/N-ethyl adjacent to an activating group) is 1. The average Bonchev–Trinajstić information content (AvgIpc) is 4.18. The summed E-state index contributed by atoms with van der Waals surface area (Å²) in [5, 5.41) is 5.00. The van der Waals surface area contributed by atoms with Crippen LogP contribution >= 0.6 is 0 Å². The molecule has 0 radical (unpaired) electrons. The Bertz CT molecular complexity index is 2890. The van der Waals surface area contributed by atoms with Gasteiger partial charge in [0.25, 0.3) is 12.5 Å². The Kier molecular flexibility index (Phi) is 12.8. The number of hydrogen-bond donors (Lipinski definition) is 3. The summed E-state index contributed by atoms with van der Waals surface area (Å²) >= 11 is 0. The molecule has 14 heteroatoms. The van der Waals surface area contributed by atoms with E-state index in [0.29, 0.717) is 31.0 Å². The van der Waals surface area contributed by atoms with Gasteiger partial charge >= 0.3 is 11.8 Å². The molecule has 9 rings (SSSR count). The lowest BCUT2D eigenvalue weighted by atomic mass is 9.79. The number of aromatic amines is 2. The van der Waals surface area contributed by atoms with Crippen molar-refractivity contribution in [3.05, 3.63) is 107 Å². The van der Waals surface area contributed by atoms with Gasteiger partial charge in [0.1, 0.15) is 29.5 Å². The molecule has 2 aromatic heterocycles. The summed E-state index contributed by atoms with van der Waals surface area (Å²) < 4.78 is 10.7. The first-order valence-electron chi connectivity index (χ1n) is 24.2. The molecule has 2 aliphatic heterocycles. The summed E-state index contributed by atoms with van der Waals surface area (Å²) in [6, 6.07) is 25.0. The van der Waals surface area contributed by atoms with Gasteiger partial charge in [0, 0.05) is 17.7 Å². The molecule has 1 saturated carbocycles. The molecule has 6 aromatic rings.